The van der Waals surface area contributed by atoms with Crippen LogP contribution in [0.3, 0.4) is 0 Å². The highest BCUT2D eigenvalue weighted by Gasteiger charge is 2.24. The van der Waals surface area contributed by atoms with Crippen molar-refractivity contribution < 1.29 is 9.47 Å². The average molecular weight is 258 g/mol. The van der Waals surface area contributed by atoms with Gasteiger partial charge in [0, 0.05) is 19.6 Å². The maximum absolute atomic E-state index is 5.97. The highest BCUT2D eigenvalue weighted by atomic mass is 16.7. The second kappa shape index (κ2) is 12.0. The SMILES string of the molecule is CCCCCCC(C)(OCCCC)OCCCC. The molecule has 0 atom stereocenters. The fourth-order valence-electron chi connectivity index (χ4n) is 1.92. The van der Waals surface area contributed by atoms with Crippen LogP contribution in [0.5, 0.6) is 0 Å². The van der Waals surface area contributed by atoms with Crippen molar-refractivity contribution in [2.75, 3.05) is 13.2 Å². The smallest absolute Gasteiger partial charge is 0.165 e. The van der Waals surface area contributed by atoms with E-state index in [0.29, 0.717) is 0 Å². The molecule has 0 aromatic carbocycles. The Kier molecular flexibility index (Phi) is 11.9. The van der Waals surface area contributed by atoms with Crippen LogP contribution in [0.1, 0.15) is 85.5 Å². The number of ether oxygens (including phenoxy) is 2. The largest absolute Gasteiger partial charge is 0.350 e. The van der Waals surface area contributed by atoms with Gasteiger partial charge in [0.25, 0.3) is 0 Å². The van der Waals surface area contributed by atoms with Crippen LogP contribution in [-0.4, -0.2) is 19.0 Å². The first kappa shape index (κ1) is 17.9. The minimum atomic E-state index is -0.349. The molecular formula is C16H34O2. The second-order valence-corrected chi connectivity index (χ2v) is 5.35. The van der Waals surface area contributed by atoms with E-state index in [4.69, 9.17) is 9.47 Å². The van der Waals surface area contributed by atoms with Crippen LogP contribution < -0.4 is 0 Å². The van der Waals surface area contributed by atoms with Crippen LogP contribution in [0.15, 0.2) is 0 Å². The van der Waals surface area contributed by atoms with Crippen molar-refractivity contribution in [2.24, 2.45) is 0 Å². The zero-order chi connectivity index (χ0) is 13.7. The second-order valence-electron chi connectivity index (χ2n) is 5.35. The van der Waals surface area contributed by atoms with E-state index in [1.54, 1.807) is 0 Å². The summed E-state index contributed by atoms with van der Waals surface area (Å²) in [4.78, 5) is 0. The predicted molar refractivity (Wildman–Crippen MR) is 78.9 cm³/mol. The molecule has 0 heterocycles. The Bertz CT molecular complexity index is 158. The molecule has 0 aliphatic carbocycles. The van der Waals surface area contributed by atoms with E-state index in [9.17, 15) is 0 Å². The van der Waals surface area contributed by atoms with Gasteiger partial charge in [-0.1, -0.05) is 52.9 Å². The lowest BCUT2D eigenvalue weighted by atomic mass is 10.1. The first-order valence-corrected chi connectivity index (χ1v) is 7.96. The summed E-state index contributed by atoms with van der Waals surface area (Å²) in [6.07, 6.45) is 10.7. The van der Waals surface area contributed by atoms with Crippen molar-refractivity contribution >= 4 is 0 Å². The molecule has 0 rings (SSSR count). The molecule has 0 unspecified atom stereocenters. The number of hydrogen-bond acceptors (Lipinski definition) is 2. The van der Waals surface area contributed by atoms with Gasteiger partial charge < -0.3 is 9.47 Å². The number of unbranched alkanes of at least 4 members (excludes halogenated alkanes) is 5. The zero-order valence-electron chi connectivity index (χ0n) is 13.1. The quantitative estimate of drug-likeness (QED) is 0.329. The standard InChI is InChI=1S/C16H34O2/c1-5-8-11-12-13-16(4,17-14-9-6-2)18-15-10-7-3/h5-15H2,1-4H3. The van der Waals surface area contributed by atoms with Crippen LogP contribution in [0, 0.1) is 0 Å². The highest BCUT2D eigenvalue weighted by molar-refractivity contribution is 4.64. The summed E-state index contributed by atoms with van der Waals surface area (Å²) in [6, 6.07) is 0. The van der Waals surface area contributed by atoms with Crippen molar-refractivity contribution in [3.8, 4) is 0 Å². The fourth-order valence-corrected chi connectivity index (χ4v) is 1.92. The molecule has 0 fully saturated rings. The molecule has 0 saturated heterocycles. The number of rotatable bonds is 13. The molecule has 0 radical (unpaired) electrons. The summed E-state index contributed by atoms with van der Waals surface area (Å²) in [6.45, 7) is 10.4. The third kappa shape index (κ3) is 9.90. The third-order valence-corrected chi connectivity index (χ3v) is 3.30. The summed E-state index contributed by atoms with van der Waals surface area (Å²) in [5.41, 5.74) is 0. The molecule has 0 amide bonds. The van der Waals surface area contributed by atoms with Crippen LogP contribution in [0.4, 0.5) is 0 Å². The van der Waals surface area contributed by atoms with Crippen LogP contribution in [0.25, 0.3) is 0 Å². The summed E-state index contributed by atoms with van der Waals surface area (Å²) in [7, 11) is 0. The van der Waals surface area contributed by atoms with E-state index >= 15 is 0 Å². The van der Waals surface area contributed by atoms with Crippen LogP contribution in [-0.2, 0) is 9.47 Å². The van der Waals surface area contributed by atoms with Gasteiger partial charge in [0.1, 0.15) is 0 Å². The predicted octanol–water partition coefficient (Wildman–Crippen LogP) is 5.31. The lowest BCUT2D eigenvalue weighted by molar-refractivity contribution is -0.230. The Morgan fingerprint density at radius 2 is 1.17 bits per heavy atom. The van der Waals surface area contributed by atoms with E-state index in [0.717, 1.165) is 32.5 Å². The lowest BCUT2D eigenvalue weighted by Crippen LogP contribution is -2.33. The summed E-state index contributed by atoms with van der Waals surface area (Å²) in [5, 5.41) is 0. The topological polar surface area (TPSA) is 18.5 Å². The molecule has 2 nitrogen and oxygen atoms in total. The molecule has 0 bridgehead atoms. The van der Waals surface area contributed by atoms with Gasteiger partial charge in [-0.15, -0.1) is 0 Å². The maximum Gasteiger partial charge on any atom is 0.165 e. The van der Waals surface area contributed by atoms with Crippen molar-refractivity contribution in [2.45, 2.75) is 91.3 Å². The van der Waals surface area contributed by atoms with Crippen molar-refractivity contribution in [3.05, 3.63) is 0 Å². The highest BCUT2D eigenvalue weighted by Crippen LogP contribution is 2.22. The van der Waals surface area contributed by atoms with Gasteiger partial charge >= 0.3 is 0 Å². The van der Waals surface area contributed by atoms with E-state index < -0.39 is 0 Å². The monoisotopic (exact) mass is 258 g/mol. The summed E-state index contributed by atoms with van der Waals surface area (Å²) in [5.74, 6) is -0.349. The molecule has 0 spiro atoms. The van der Waals surface area contributed by atoms with E-state index in [1.165, 1.54) is 38.5 Å². The molecule has 110 valence electrons. The Hall–Kier alpha value is -0.0800. The van der Waals surface area contributed by atoms with E-state index in [2.05, 4.69) is 27.7 Å². The summed E-state index contributed by atoms with van der Waals surface area (Å²) < 4.78 is 11.9. The van der Waals surface area contributed by atoms with Gasteiger partial charge in [-0.05, 0) is 26.2 Å². The number of hydrogen-bond donors (Lipinski definition) is 0. The third-order valence-electron chi connectivity index (χ3n) is 3.30. The van der Waals surface area contributed by atoms with Crippen molar-refractivity contribution in [3.63, 3.8) is 0 Å². The average Bonchev–Trinajstić information content (AvgIpc) is 2.36. The Morgan fingerprint density at radius 3 is 1.61 bits per heavy atom. The molecule has 0 saturated carbocycles. The first-order valence-electron chi connectivity index (χ1n) is 7.96. The lowest BCUT2D eigenvalue weighted by Gasteiger charge is -2.30. The van der Waals surface area contributed by atoms with Crippen molar-refractivity contribution in [1.82, 2.24) is 0 Å². The van der Waals surface area contributed by atoms with E-state index in [1.807, 2.05) is 0 Å². The maximum atomic E-state index is 5.97. The normalized spacial score (nSPS) is 12.0. The van der Waals surface area contributed by atoms with E-state index in [-0.39, 0.29) is 5.79 Å². The molecule has 0 N–H and O–H groups in total. The van der Waals surface area contributed by atoms with Gasteiger partial charge in [0.2, 0.25) is 0 Å². The molecule has 2 heteroatoms. The Labute approximate surface area is 114 Å². The van der Waals surface area contributed by atoms with Gasteiger partial charge in [0.05, 0.1) is 0 Å². The molecule has 0 aliphatic rings. The molecule has 0 aromatic rings. The molecule has 0 aliphatic heterocycles. The Balaban J connectivity index is 3.95. The minimum absolute atomic E-state index is 0.349. The first-order chi connectivity index (χ1) is 8.68. The minimum Gasteiger partial charge on any atom is -0.350 e. The summed E-state index contributed by atoms with van der Waals surface area (Å²) >= 11 is 0. The fraction of sp³-hybridized carbons (Fsp3) is 1.00. The zero-order valence-corrected chi connectivity index (χ0v) is 13.1. The molecular weight excluding hydrogens is 224 g/mol. The van der Waals surface area contributed by atoms with Gasteiger partial charge in [0.15, 0.2) is 5.79 Å². The van der Waals surface area contributed by atoms with Gasteiger partial charge in [-0.25, -0.2) is 0 Å². The van der Waals surface area contributed by atoms with Gasteiger partial charge in [-0.2, -0.15) is 0 Å². The van der Waals surface area contributed by atoms with Crippen LogP contribution >= 0.6 is 0 Å². The Morgan fingerprint density at radius 1 is 0.667 bits per heavy atom. The van der Waals surface area contributed by atoms with Gasteiger partial charge in [-0.3, -0.25) is 0 Å². The molecule has 0 aromatic heterocycles. The van der Waals surface area contributed by atoms with Crippen LogP contribution in [0.2, 0.25) is 0 Å². The van der Waals surface area contributed by atoms with Crippen molar-refractivity contribution in [1.29, 1.82) is 0 Å². The molecule has 18 heavy (non-hydrogen) atoms.